The highest BCUT2D eigenvalue weighted by Gasteiger charge is 2.22. The molecule has 0 radical (unpaired) electrons. The summed E-state index contributed by atoms with van der Waals surface area (Å²) in [5.74, 6) is 0.902. The van der Waals surface area contributed by atoms with Gasteiger partial charge in [0.15, 0.2) is 5.58 Å². The van der Waals surface area contributed by atoms with Gasteiger partial charge in [-0.15, -0.1) is 0 Å². The minimum atomic E-state index is 0.691. The first kappa shape index (κ1) is 17.7. The van der Waals surface area contributed by atoms with Gasteiger partial charge in [-0.05, 0) is 48.4 Å². The molecule has 6 rings (SSSR count). The quantitative estimate of drug-likeness (QED) is 0.561. The Morgan fingerprint density at radius 1 is 1.03 bits per heavy atom. The molecule has 4 aromatic rings. The molecule has 0 amide bonds. The smallest absolute Gasteiger partial charge is 0.298 e. The third-order valence-electron chi connectivity index (χ3n) is 6.19. The molecule has 154 valence electrons. The highest BCUT2D eigenvalue weighted by molar-refractivity contribution is 5.87. The van der Waals surface area contributed by atoms with Crippen LogP contribution in [-0.2, 0) is 17.7 Å². The van der Waals surface area contributed by atoms with Gasteiger partial charge in [0.25, 0.3) is 6.01 Å². The van der Waals surface area contributed by atoms with Crippen LogP contribution in [0.4, 0.5) is 11.7 Å². The number of rotatable bonds is 3. The van der Waals surface area contributed by atoms with Crippen molar-refractivity contribution in [1.82, 2.24) is 9.97 Å². The van der Waals surface area contributed by atoms with Gasteiger partial charge in [0, 0.05) is 41.9 Å². The van der Waals surface area contributed by atoms with Crippen LogP contribution in [0.15, 0.2) is 40.8 Å². The summed E-state index contributed by atoms with van der Waals surface area (Å²) in [6.45, 7) is 4.90. The maximum absolute atomic E-state index is 5.99. The van der Waals surface area contributed by atoms with Gasteiger partial charge >= 0.3 is 0 Å². The van der Waals surface area contributed by atoms with Crippen LogP contribution >= 0.6 is 0 Å². The van der Waals surface area contributed by atoms with Crippen molar-refractivity contribution >= 4 is 33.7 Å². The van der Waals surface area contributed by atoms with Crippen molar-refractivity contribution in [3.63, 3.8) is 0 Å². The van der Waals surface area contributed by atoms with E-state index < -0.39 is 0 Å². The van der Waals surface area contributed by atoms with Gasteiger partial charge in [-0.2, -0.15) is 4.98 Å². The summed E-state index contributed by atoms with van der Waals surface area (Å²) in [7, 11) is 1.71. The lowest BCUT2D eigenvalue weighted by atomic mass is 10.0. The highest BCUT2D eigenvalue weighted by atomic mass is 16.5. The van der Waals surface area contributed by atoms with Crippen LogP contribution in [0.5, 0.6) is 5.75 Å². The van der Waals surface area contributed by atoms with Crippen LogP contribution in [0.1, 0.15) is 11.3 Å². The second kappa shape index (κ2) is 6.95. The van der Waals surface area contributed by atoms with Gasteiger partial charge in [-0.25, -0.2) is 0 Å². The lowest BCUT2D eigenvalue weighted by molar-refractivity contribution is 0.120. The van der Waals surface area contributed by atoms with Crippen molar-refractivity contribution in [3.8, 4) is 5.75 Å². The fourth-order valence-electron chi connectivity index (χ4n) is 4.56. The first-order valence-electron chi connectivity index (χ1n) is 10.4. The first-order chi connectivity index (χ1) is 14.8. The lowest BCUT2D eigenvalue weighted by Gasteiger charge is -2.29. The molecule has 1 fully saturated rings. The molecule has 7 nitrogen and oxygen atoms in total. The second-order valence-electron chi connectivity index (χ2n) is 7.91. The van der Waals surface area contributed by atoms with Crippen molar-refractivity contribution in [2.24, 2.45) is 0 Å². The fourth-order valence-corrected chi connectivity index (χ4v) is 4.56. The Morgan fingerprint density at radius 2 is 1.93 bits per heavy atom. The number of nitrogens with one attached hydrogen (secondary N) is 1. The third kappa shape index (κ3) is 2.89. The number of anilines is 2. The number of morpholine rings is 1. The molecular weight excluding hydrogens is 380 g/mol. The van der Waals surface area contributed by atoms with Crippen LogP contribution in [-0.4, -0.2) is 49.9 Å². The summed E-state index contributed by atoms with van der Waals surface area (Å²) in [6.07, 6.45) is 0.998. The number of benzene rings is 2. The van der Waals surface area contributed by atoms with Gasteiger partial charge < -0.3 is 28.7 Å². The minimum Gasteiger partial charge on any atom is -0.497 e. The Balaban J connectivity index is 1.29. The van der Waals surface area contributed by atoms with E-state index in [2.05, 4.69) is 39.0 Å². The molecule has 7 heteroatoms. The van der Waals surface area contributed by atoms with E-state index in [9.17, 15) is 0 Å². The number of fused-ring (bicyclic) bond motifs is 4. The lowest BCUT2D eigenvalue weighted by Crippen LogP contribution is -2.36. The van der Waals surface area contributed by atoms with Gasteiger partial charge in [0.2, 0.25) is 0 Å². The predicted molar refractivity (Wildman–Crippen MR) is 117 cm³/mol. The summed E-state index contributed by atoms with van der Waals surface area (Å²) >= 11 is 0. The molecule has 0 spiro atoms. The maximum atomic E-state index is 5.99. The molecule has 2 aromatic carbocycles. The number of nitrogens with zero attached hydrogens (tertiary/aromatic N) is 3. The van der Waals surface area contributed by atoms with Crippen LogP contribution in [0.25, 0.3) is 22.0 Å². The Labute approximate surface area is 174 Å². The summed E-state index contributed by atoms with van der Waals surface area (Å²) in [5.41, 5.74) is 6.75. The Bertz CT molecular complexity index is 1220. The summed E-state index contributed by atoms with van der Waals surface area (Å²) in [6, 6.07) is 13.2. The van der Waals surface area contributed by atoms with Crippen molar-refractivity contribution in [1.29, 1.82) is 0 Å². The molecule has 2 aliphatic rings. The molecular formula is C23H24N4O3. The molecule has 0 saturated carbocycles. The van der Waals surface area contributed by atoms with Crippen LogP contribution in [0.3, 0.4) is 0 Å². The van der Waals surface area contributed by atoms with E-state index in [0.29, 0.717) is 6.01 Å². The zero-order chi connectivity index (χ0) is 20.1. The van der Waals surface area contributed by atoms with Crippen LogP contribution < -0.4 is 14.5 Å². The summed E-state index contributed by atoms with van der Waals surface area (Å²) in [5, 5.41) is 1.27. The first-order valence-corrected chi connectivity index (χ1v) is 10.4. The topological polar surface area (TPSA) is 66.8 Å². The van der Waals surface area contributed by atoms with Gasteiger partial charge in [-0.1, -0.05) is 0 Å². The SMILES string of the molecule is COc1ccc2[nH]c3c(c2c1)CCN(c1ccc2oc(N4CCOCC4)nc2c1)C3. The molecule has 1 saturated heterocycles. The zero-order valence-corrected chi connectivity index (χ0v) is 17.0. The summed E-state index contributed by atoms with van der Waals surface area (Å²) < 4.78 is 16.8. The van der Waals surface area contributed by atoms with Gasteiger partial charge in [0.05, 0.1) is 26.9 Å². The number of H-pyrrole nitrogens is 1. The molecule has 0 atom stereocenters. The standard InChI is InChI=1S/C23H24N4O3/c1-28-16-3-4-19-18(13-16)17-6-7-27(14-21(17)24-19)15-2-5-22-20(12-15)25-23(30-22)26-8-10-29-11-9-26/h2-5,12-13,24H,6-11,14H2,1H3. The number of oxazole rings is 1. The Morgan fingerprint density at radius 3 is 2.80 bits per heavy atom. The average molecular weight is 404 g/mol. The van der Waals surface area contributed by atoms with E-state index >= 15 is 0 Å². The van der Waals surface area contributed by atoms with E-state index in [0.717, 1.165) is 62.7 Å². The maximum Gasteiger partial charge on any atom is 0.298 e. The largest absolute Gasteiger partial charge is 0.497 e. The van der Waals surface area contributed by atoms with Gasteiger partial charge in [-0.3, -0.25) is 0 Å². The molecule has 0 unspecified atom stereocenters. The van der Waals surface area contributed by atoms with E-state index in [1.54, 1.807) is 7.11 Å². The second-order valence-corrected chi connectivity index (χ2v) is 7.91. The van der Waals surface area contributed by atoms with Crippen molar-refractivity contribution < 1.29 is 13.9 Å². The number of aromatic amines is 1. The average Bonchev–Trinajstić information content (AvgIpc) is 3.39. The number of aromatic nitrogens is 2. The van der Waals surface area contributed by atoms with E-state index in [-0.39, 0.29) is 0 Å². The molecule has 0 bridgehead atoms. The summed E-state index contributed by atoms with van der Waals surface area (Å²) in [4.78, 5) is 12.9. The van der Waals surface area contributed by atoms with Crippen molar-refractivity contribution in [2.75, 3.05) is 49.8 Å². The Kier molecular flexibility index (Phi) is 4.09. The van der Waals surface area contributed by atoms with Crippen molar-refractivity contribution in [2.45, 2.75) is 13.0 Å². The van der Waals surface area contributed by atoms with E-state index in [1.807, 2.05) is 12.1 Å². The van der Waals surface area contributed by atoms with E-state index in [4.69, 9.17) is 18.9 Å². The molecule has 4 heterocycles. The predicted octanol–water partition coefficient (Wildman–Crippen LogP) is 3.72. The third-order valence-corrected chi connectivity index (χ3v) is 6.19. The normalized spacial score (nSPS) is 17.0. The Hall–Kier alpha value is -3.19. The number of methoxy groups -OCH3 is 1. The number of hydrogen-bond donors (Lipinski definition) is 1. The fraction of sp³-hybridized carbons (Fsp3) is 0.348. The van der Waals surface area contributed by atoms with Gasteiger partial charge in [0.1, 0.15) is 11.3 Å². The minimum absolute atomic E-state index is 0.691. The van der Waals surface area contributed by atoms with Crippen molar-refractivity contribution in [3.05, 3.63) is 47.7 Å². The van der Waals surface area contributed by atoms with Crippen LogP contribution in [0, 0.1) is 0 Å². The molecule has 2 aromatic heterocycles. The van der Waals surface area contributed by atoms with E-state index in [1.165, 1.54) is 27.8 Å². The molecule has 30 heavy (non-hydrogen) atoms. The molecule has 0 aliphatic carbocycles. The highest BCUT2D eigenvalue weighted by Crippen LogP contribution is 2.33. The molecule has 1 N–H and O–H groups in total. The monoisotopic (exact) mass is 404 g/mol. The number of hydrogen-bond acceptors (Lipinski definition) is 6. The number of ether oxygens (including phenoxy) is 2. The molecule has 2 aliphatic heterocycles. The van der Waals surface area contributed by atoms with Crippen LogP contribution in [0.2, 0.25) is 0 Å². The zero-order valence-electron chi connectivity index (χ0n) is 17.0.